The molecule has 0 radical (unpaired) electrons. The molecule has 0 bridgehead atoms. The third-order valence-corrected chi connectivity index (χ3v) is 1.38. The summed E-state index contributed by atoms with van der Waals surface area (Å²) in [6.45, 7) is 1.03. The molecule has 2 heteroatoms. The lowest BCUT2D eigenvalue weighted by Gasteiger charge is -2.00. The van der Waals surface area contributed by atoms with E-state index in [0.717, 1.165) is 12.3 Å². The highest BCUT2D eigenvalue weighted by Gasteiger charge is 1.85. The predicted octanol–water partition coefficient (Wildman–Crippen LogP) is 0.794. The van der Waals surface area contributed by atoms with Gasteiger partial charge in [0, 0.05) is 12.3 Å². The van der Waals surface area contributed by atoms with Gasteiger partial charge in [0.2, 0.25) is 0 Å². The van der Waals surface area contributed by atoms with E-state index < -0.39 is 0 Å². The fourth-order valence-electron chi connectivity index (χ4n) is 0.365. The number of hydrogen-bond donors (Lipinski definition) is 1. The minimum absolute atomic E-state index is 1.03. The van der Waals surface area contributed by atoms with Crippen LogP contribution in [0.2, 0.25) is 0 Å². The molecule has 0 saturated carbocycles. The van der Waals surface area contributed by atoms with Gasteiger partial charge in [0.15, 0.2) is 0 Å². The van der Waals surface area contributed by atoms with Crippen molar-refractivity contribution in [2.75, 3.05) is 12.3 Å². The summed E-state index contributed by atoms with van der Waals surface area (Å²) in [5, 5.41) is 0. The largest absolute Gasteiger partial charge is 0.260 e. The van der Waals surface area contributed by atoms with Crippen LogP contribution in [0.25, 0.3) is 0 Å². The van der Waals surface area contributed by atoms with Gasteiger partial charge >= 0.3 is 0 Å². The molecule has 1 rings (SSSR count). The van der Waals surface area contributed by atoms with Crippen molar-refractivity contribution in [3.63, 3.8) is 0 Å². The van der Waals surface area contributed by atoms with Gasteiger partial charge in [-0.1, -0.05) is 24.1 Å². The molecule has 1 heterocycles. The van der Waals surface area contributed by atoms with Crippen LogP contribution in [0, 0.1) is 0 Å². The molecular formula is C4H7NS. The second-order valence-electron chi connectivity index (χ2n) is 1.13. The lowest BCUT2D eigenvalue weighted by atomic mass is 10.5. The van der Waals surface area contributed by atoms with E-state index in [9.17, 15) is 0 Å². The van der Waals surface area contributed by atoms with Crippen molar-refractivity contribution in [3.8, 4) is 0 Å². The predicted molar refractivity (Wildman–Crippen MR) is 29.6 cm³/mol. The highest BCUT2D eigenvalue weighted by Crippen LogP contribution is 1.96. The third-order valence-electron chi connectivity index (χ3n) is 0.649. The van der Waals surface area contributed by atoms with Crippen LogP contribution in [-0.2, 0) is 0 Å². The smallest absolute Gasteiger partial charge is 0.0260 e. The first-order valence-corrected chi connectivity index (χ1v) is 2.98. The van der Waals surface area contributed by atoms with Gasteiger partial charge in [-0.3, -0.25) is 4.72 Å². The Hall–Kier alpha value is 0.0500. The van der Waals surface area contributed by atoms with Crippen LogP contribution >= 0.6 is 11.9 Å². The lowest BCUT2D eigenvalue weighted by Crippen LogP contribution is -2.06. The Morgan fingerprint density at radius 2 is 2.50 bits per heavy atom. The lowest BCUT2D eigenvalue weighted by molar-refractivity contribution is 1.11. The molecule has 1 nitrogen and oxygen atoms in total. The summed E-state index contributed by atoms with van der Waals surface area (Å²) in [6, 6.07) is 0. The Bertz CT molecular complexity index is 52.6. The molecular weight excluding hydrogens is 94.1 g/mol. The molecule has 1 aliphatic rings. The second-order valence-corrected chi connectivity index (χ2v) is 2.04. The molecule has 6 heavy (non-hydrogen) atoms. The zero-order valence-corrected chi connectivity index (χ0v) is 4.29. The van der Waals surface area contributed by atoms with E-state index in [4.69, 9.17) is 0 Å². The molecule has 0 unspecified atom stereocenters. The summed E-state index contributed by atoms with van der Waals surface area (Å²) in [6.07, 6.45) is 4.30. The zero-order chi connectivity index (χ0) is 4.24. The van der Waals surface area contributed by atoms with Crippen molar-refractivity contribution in [2.45, 2.75) is 0 Å². The maximum Gasteiger partial charge on any atom is 0.0260 e. The molecule has 0 aromatic carbocycles. The molecule has 0 spiro atoms. The average molecular weight is 101 g/mol. The quantitative estimate of drug-likeness (QED) is 0.357. The van der Waals surface area contributed by atoms with Gasteiger partial charge in [0.25, 0.3) is 0 Å². The first-order chi connectivity index (χ1) is 3.00. The summed E-state index contributed by atoms with van der Waals surface area (Å²) in [7, 11) is 0. The van der Waals surface area contributed by atoms with Crippen LogP contribution in [-0.4, -0.2) is 12.3 Å². The highest BCUT2D eigenvalue weighted by atomic mass is 32.2. The number of rotatable bonds is 0. The Labute approximate surface area is 41.9 Å². The van der Waals surface area contributed by atoms with Gasteiger partial charge in [0.05, 0.1) is 0 Å². The minimum atomic E-state index is 1.03. The topological polar surface area (TPSA) is 12.0 Å². The van der Waals surface area contributed by atoms with Crippen LogP contribution in [0.15, 0.2) is 12.2 Å². The van der Waals surface area contributed by atoms with Crippen molar-refractivity contribution in [3.05, 3.63) is 12.2 Å². The Kier molecular flexibility index (Phi) is 1.59. The van der Waals surface area contributed by atoms with Gasteiger partial charge in [-0.15, -0.1) is 0 Å². The minimum Gasteiger partial charge on any atom is -0.260 e. The summed E-state index contributed by atoms with van der Waals surface area (Å²) in [5.41, 5.74) is 0. The Morgan fingerprint density at radius 1 is 1.50 bits per heavy atom. The second kappa shape index (κ2) is 2.26. The number of hydrogen-bond acceptors (Lipinski definition) is 2. The van der Waals surface area contributed by atoms with E-state index in [1.54, 1.807) is 11.9 Å². The van der Waals surface area contributed by atoms with Gasteiger partial charge in [-0.2, -0.15) is 0 Å². The SMILES string of the molecule is C1=CCSNC1. The molecule has 0 saturated heterocycles. The van der Waals surface area contributed by atoms with Crippen molar-refractivity contribution >= 4 is 11.9 Å². The third kappa shape index (κ3) is 1.03. The monoisotopic (exact) mass is 101 g/mol. The van der Waals surface area contributed by atoms with Crippen LogP contribution in [0.1, 0.15) is 0 Å². The van der Waals surface area contributed by atoms with E-state index >= 15 is 0 Å². The molecule has 0 fully saturated rings. The highest BCUT2D eigenvalue weighted by molar-refractivity contribution is 7.97. The van der Waals surface area contributed by atoms with E-state index in [1.807, 2.05) is 0 Å². The fourth-order valence-corrected chi connectivity index (χ4v) is 0.930. The first kappa shape index (κ1) is 4.22. The maximum atomic E-state index is 3.11. The molecule has 34 valence electrons. The van der Waals surface area contributed by atoms with E-state index in [1.165, 1.54) is 0 Å². The summed E-state index contributed by atoms with van der Waals surface area (Å²) < 4.78 is 3.11. The van der Waals surface area contributed by atoms with E-state index in [-0.39, 0.29) is 0 Å². The van der Waals surface area contributed by atoms with Crippen LogP contribution in [0.4, 0.5) is 0 Å². The van der Waals surface area contributed by atoms with E-state index in [0.29, 0.717) is 0 Å². The Balaban J connectivity index is 2.26. The van der Waals surface area contributed by atoms with Gasteiger partial charge in [-0.25, -0.2) is 0 Å². The fraction of sp³-hybridized carbons (Fsp3) is 0.500. The van der Waals surface area contributed by atoms with Crippen molar-refractivity contribution in [2.24, 2.45) is 0 Å². The van der Waals surface area contributed by atoms with Gasteiger partial charge in [0.1, 0.15) is 0 Å². The Morgan fingerprint density at radius 3 is 2.67 bits per heavy atom. The zero-order valence-electron chi connectivity index (χ0n) is 3.48. The molecule has 0 aromatic heterocycles. The summed E-state index contributed by atoms with van der Waals surface area (Å²) >= 11 is 1.76. The molecule has 1 N–H and O–H groups in total. The maximum absolute atomic E-state index is 3.11. The van der Waals surface area contributed by atoms with Crippen LogP contribution in [0.3, 0.4) is 0 Å². The van der Waals surface area contributed by atoms with Gasteiger partial charge in [-0.05, 0) is 0 Å². The van der Waals surface area contributed by atoms with Crippen molar-refractivity contribution in [1.29, 1.82) is 0 Å². The molecule has 1 aliphatic heterocycles. The first-order valence-electron chi connectivity index (χ1n) is 2.00. The van der Waals surface area contributed by atoms with Crippen molar-refractivity contribution in [1.82, 2.24) is 4.72 Å². The summed E-state index contributed by atoms with van der Waals surface area (Å²) in [4.78, 5) is 0. The molecule has 0 atom stereocenters. The molecule has 0 aliphatic carbocycles. The van der Waals surface area contributed by atoms with Crippen molar-refractivity contribution < 1.29 is 0 Å². The van der Waals surface area contributed by atoms with E-state index in [2.05, 4.69) is 16.9 Å². The molecule has 0 aromatic rings. The average Bonchev–Trinajstić information content (AvgIpc) is 1.72. The van der Waals surface area contributed by atoms with Crippen LogP contribution in [0.5, 0.6) is 0 Å². The van der Waals surface area contributed by atoms with Crippen LogP contribution < -0.4 is 4.72 Å². The van der Waals surface area contributed by atoms with Gasteiger partial charge < -0.3 is 0 Å². The summed E-state index contributed by atoms with van der Waals surface area (Å²) in [5.74, 6) is 1.12. The molecule has 0 amide bonds. The number of nitrogens with one attached hydrogen (secondary N) is 1. The standard InChI is InChI=1S/C4H7NS/c1-2-4-6-5-3-1/h1-2,5H,3-4H2. The normalized spacial score (nSPS) is 21.3.